The Hall–Kier alpha value is -3.68. The molecule has 0 saturated heterocycles. The topological polar surface area (TPSA) is 68.2 Å². The predicted molar refractivity (Wildman–Crippen MR) is 106 cm³/mol. The van der Waals surface area contributed by atoms with Gasteiger partial charge in [0.05, 0.1) is 12.1 Å². The lowest BCUT2D eigenvalue weighted by Crippen LogP contribution is -2.29. The number of carbonyl (C=O) groups is 2. The molecule has 0 fully saturated rings. The second-order valence-electron chi connectivity index (χ2n) is 6.64. The smallest absolute Gasteiger partial charge is 0.322 e. The quantitative estimate of drug-likeness (QED) is 0.631. The molecule has 0 unspecified atom stereocenters. The number of benzene rings is 2. The van der Waals surface area contributed by atoms with Crippen LogP contribution in [0.5, 0.6) is 0 Å². The van der Waals surface area contributed by atoms with Crippen molar-refractivity contribution in [1.29, 1.82) is 0 Å². The average molecular weight is 414 g/mol. The summed E-state index contributed by atoms with van der Waals surface area (Å²) in [6.45, 7) is 1.31. The second-order valence-corrected chi connectivity index (χ2v) is 6.64. The van der Waals surface area contributed by atoms with E-state index in [0.717, 1.165) is 12.1 Å². The monoisotopic (exact) mass is 414 g/mol. The van der Waals surface area contributed by atoms with Crippen LogP contribution in [0.15, 0.2) is 71.7 Å². The van der Waals surface area contributed by atoms with Crippen molar-refractivity contribution in [2.75, 3.05) is 5.32 Å². The van der Waals surface area contributed by atoms with Crippen molar-refractivity contribution >= 4 is 17.4 Å². The van der Waals surface area contributed by atoms with Crippen LogP contribution >= 0.6 is 0 Å². The summed E-state index contributed by atoms with van der Waals surface area (Å²) in [4.78, 5) is 36.5. The van der Waals surface area contributed by atoms with Crippen LogP contribution in [0, 0.1) is 0 Å². The van der Waals surface area contributed by atoms with Gasteiger partial charge in [-0.1, -0.05) is 12.1 Å². The minimum absolute atomic E-state index is 0.114. The van der Waals surface area contributed by atoms with Gasteiger partial charge in [-0.25, -0.2) is 0 Å². The van der Waals surface area contributed by atoms with E-state index in [1.54, 1.807) is 24.3 Å². The van der Waals surface area contributed by atoms with Crippen LogP contribution in [0.3, 0.4) is 0 Å². The third-order valence-corrected chi connectivity index (χ3v) is 4.42. The molecule has 0 spiro atoms. The van der Waals surface area contributed by atoms with Gasteiger partial charge >= 0.3 is 6.18 Å². The van der Waals surface area contributed by atoms with E-state index in [0.29, 0.717) is 11.3 Å². The zero-order chi connectivity index (χ0) is 21.9. The Morgan fingerprint density at radius 3 is 2.33 bits per heavy atom. The number of amides is 1. The molecule has 0 aliphatic heterocycles. The van der Waals surface area contributed by atoms with E-state index >= 15 is 0 Å². The second kappa shape index (κ2) is 8.36. The summed E-state index contributed by atoms with van der Waals surface area (Å²) in [6.07, 6.45) is -3.08. The molecule has 1 N–H and O–H groups in total. The number of Topliss-reactive ketones (excluding diaryl/α,β-unsaturated/α-hetero) is 1. The first-order chi connectivity index (χ1) is 14.1. The van der Waals surface area contributed by atoms with Gasteiger partial charge in [0.15, 0.2) is 5.78 Å². The summed E-state index contributed by atoms with van der Waals surface area (Å²) < 4.78 is 39.8. The van der Waals surface area contributed by atoms with Gasteiger partial charge in [-0.3, -0.25) is 14.4 Å². The number of nitrogens with zero attached hydrogens (tertiary/aromatic N) is 1. The van der Waals surface area contributed by atoms with Crippen molar-refractivity contribution in [1.82, 2.24) is 4.57 Å². The number of carbonyl (C=O) groups excluding carboxylic acids is 2. The fourth-order valence-corrected chi connectivity index (χ4v) is 2.86. The first-order valence-corrected chi connectivity index (χ1v) is 8.93. The van der Waals surface area contributed by atoms with Gasteiger partial charge in [-0.05, 0) is 61.0 Å². The first-order valence-electron chi connectivity index (χ1n) is 8.93. The molecule has 30 heavy (non-hydrogen) atoms. The number of nitrogens with one attached hydrogen (secondary N) is 1. The highest BCUT2D eigenvalue weighted by molar-refractivity contribution is 6.04. The Morgan fingerprint density at radius 2 is 1.70 bits per heavy atom. The van der Waals surface area contributed by atoms with Crippen LogP contribution in [-0.2, 0) is 12.7 Å². The summed E-state index contributed by atoms with van der Waals surface area (Å²) in [7, 11) is 0. The lowest BCUT2D eigenvalue weighted by Gasteiger charge is -2.11. The fourth-order valence-electron chi connectivity index (χ4n) is 2.86. The van der Waals surface area contributed by atoms with Gasteiger partial charge in [0.25, 0.3) is 11.5 Å². The molecule has 0 aliphatic rings. The lowest BCUT2D eigenvalue weighted by molar-refractivity contribution is -0.137. The van der Waals surface area contributed by atoms with Gasteiger partial charge in [-0.15, -0.1) is 0 Å². The van der Waals surface area contributed by atoms with E-state index in [2.05, 4.69) is 5.32 Å². The zero-order valence-corrected chi connectivity index (χ0v) is 15.9. The Balaban J connectivity index is 1.82. The summed E-state index contributed by atoms with van der Waals surface area (Å²) >= 11 is 0. The predicted octanol–water partition coefficient (Wildman–Crippen LogP) is 4.37. The van der Waals surface area contributed by atoms with E-state index in [-0.39, 0.29) is 23.5 Å². The Morgan fingerprint density at radius 1 is 1.00 bits per heavy atom. The Kier molecular flexibility index (Phi) is 5.86. The zero-order valence-electron chi connectivity index (χ0n) is 15.9. The molecule has 0 saturated carbocycles. The van der Waals surface area contributed by atoms with Crippen molar-refractivity contribution in [2.45, 2.75) is 19.6 Å². The molecule has 8 heteroatoms. The Bertz CT molecular complexity index is 1150. The summed E-state index contributed by atoms with van der Waals surface area (Å²) in [5.74, 6) is -0.776. The third-order valence-electron chi connectivity index (χ3n) is 4.42. The number of aromatic nitrogens is 1. The van der Waals surface area contributed by atoms with E-state index in [4.69, 9.17) is 0 Å². The van der Waals surface area contributed by atoms with Gasteiger partial charge in [0, 0.05) is 17.4 Å². The number of hydrogen-bond donors (Lipinski definition) is 1. The number of hydrogen-bond acceptors (Lipinski definition) is 3. The molecular weight excluding hydrogens is 397 g/mol. The van der Waals surface area contributed by atoms with Gasteiger partial charge < -0.3 is 9.88 Å². The molecule has 0 radical (unpaired) electrons. The number of alkyl halides is 3. The fraction of sp³-hybridized carbons (Fsp3) is 0.136. The highest BCUT2D eigenvalue weighted by Crippen LogP contribution is 2.29. The average Bonchev–Trinajstić information content (AvgIpc) is 2.69. The number of halogens is 3. The molecular formula is C22H17F3N2O3. The molecule has 1 heterocycles. The molecule has 1 aromatic heterocycles. The van der Waals surface area contributed by atoms with Crippen molar-refractivity contribution in [2.24, 2.45) is 0 Å². The largest absolute Gasteiger partial charge is 0.416 e. The van der Waals surface area contributed by atoms with Gasteiger partial charge in [-0.2, -0.15) is 13.2 Å². The standard InChI is InChI=1S/C22H17F3N2O3/c1-14(28)16-7-9-18(10-8-16)26-20(29)19-6-3-11-27(21(19)30)13-15-4-2-5-17(12-15)22(23,24)25/h2-12H,13H2,1H3,(H,26,29). The molecule has 5 nitrogen and oxygen atoms in total. The molecule has 3 rings (SSSR count). The molecule has 154 valence electrons. The molecule has 0 aliphatic carbocycles. The molecule has 1 amide bonds. The van der Waals surface area contributed by atoms with Gasteiger partial charge in [0.1, 0.15) is 5.56 Å². The van der Waals surface area contributed by atoms with Crippen LogP contribution in [0.25, 0.3) is 0 Å². The number of pyridine rings is 1. The minimum atomic E-state index is -4.49. The highest BCUT2D eigenvalue weighted by Gasteiger charge is 2.30. The first kappa shape index (κ1) is 21.0. The Labute approximate surface area is 169 Å². The maximum atomic E-state index is 12.9. The van der Waals surface area contributed by atoms with Crippen LogP contribution < -0.4 is 10.9 Å². The van der Waals surface area contributed by atoms with E-state index in [1.165, 1.54) is 42.0 Å². The van der Waals surface area contributed by atoms with Crippen molar-refractivity contribution in [3.8, 4) is 0 Å². The van der Waals surface area contributed by atoms with E-state index in [1.807, 2.05) is 0 Å². The van der Waals surface area contributed by atoms with Crippen LogP contribution in [0.2, 0.25) is 0 Å². The summed E-state index contributed by atoms with van der Waals surface area (Å²) in [5.41, 5.74) is -0.429. The third kappa shape index (κ3) is 4.83. The highest BCUT2D eigenvalue weighted by atomic mass is 19.4. The number of ketones is 1. The molecule has 0 bridgehead atoms. The number of rotatable bonds is 5. The van der Waals surface area contributed by atoms with Crippen LogP contribution in [-0.4, -0.2) is 16.3 Å². The molecule has 0 atom stereocenters. The van der Waals surface area contributed by atoms with E-state index < -0.39 is 23.2 Å². The SMILES string of the molecule is CC(=O)c1ccc(NC(=O)c2cccn(Cc3cccc(C(F)(F)F)c3)c2=O)cc1. The van der Waals surface area contributed by atoms with Crippen molar-refractivity contribution in [3.05, 3.63) is 99.5 Å². The maximum Gasteiger partial charge on any atom is 0.416 e. The minimum Gasteiger partial charge on any atom is -0.322 e. The number of anilines is 1. The van der Waals surface area contributed by atoms with Crippen molar-refractivity contribution in [3.63, 3.8) is 0 Å². The van der Waals surface area contributed by atoms with E-state index in [9.17, 15) is 27.6 Å². The van der Waals surface area contributed by atoms with Crippen LogP contribution in [0.4, 0.5) is 18.9 Å². The molecule has 3 aromatic rings. The van der Waals surface area contributed by atoms with Crippen LogP contribution in [0.1, 0.15) is 38.8 Å². The van der Waals surface area contributed by atoms with Crippen molar-refractivity contribution < 1.29 is 22.8 Å². The lowest BCUT2D eigenvalue weighted by atomic mass is 10.1. The van der Waals surface area contributed by atoms with Gasteiger partial charge in [0.2, 0.25) is 0 Å². The normalized spacial score (nSPS) is 11.2. The summed E-state index contributed by atoms with van der Waals surface area (Å²) in [5, 5.41) is 2.57. The summed E-state index contributed by atoms with van der Waals surface area (Å²) in [6, 6.07) is 13.7. The molecule has 2 aromatic carbocycles. The maximum absolute atomic E-state index is 12.9.